The molecule has 2 aliphatic heterocycles. The minimum absolute atomic E-state index is 0.176. The van der Waals surface area contributed by atoms with Crippen molar-refractivity contribution in [3.8, 4) is 23.2 Å². The number of benzene rings is 1. The predicted octanol–water partition coefficient (Wildman–Crippen LogP) is 1.31. The summed E-state index contributed by atoms with van der Waals surface area (Å²) in [5.41, 5.74) is 2.87. The third-order valence-corrected chi connectivity index (χ3v) is 5.53. The molecule has 2 aromatic heterocycles. The zero-order valence-corrected chi connectivity index (χ0v) is 15.8. The first kappa shape index (κ1) is 18.5. The van der Waals surface area contributed by atoms with E-state index in [1.165, 1.54) is 10.6 Å². The van der Waals surface area contributed by atoms with E-state index in [4.69, 9.17) is 4.74 Å². The summed E-state index contributed by atoms with van der Waals surface area (Å²) in [5, 5.41) is 20.0. The Morgan fingerprint density at radius 2 is 2.10 bits per heavy atom. The third kappa shape index (κ3) is 2.49. The van der Waals surface area contributed by atoms with Gasteiger partial charge in [0, 0.05) is 28.1 Å². The number of fused-ring (bicyclic) bond motifs is 5. The molecule has 5 rings (SSSR count). The molecule has 0 saturated carbocycles. The number of rotatable bonds is 0. The van der Waals surface area contributed by atoms with E-state index in [1.807, 2.05) is 0 Å². The molecule has 8 heteroatoms. The molecule has 3 aromatic rings. The number of aromatic nitrogens is 2. The Balaban J connectivity index is 1.85. The number of hydrogen-bond acceptors (Lipinski definition) is 6. The Morgan fingerprint density at radius 1 is 1.30 bits per heavy atom. The zero-order chi connectivity index (χ0) is 21.2. The highest BCUT2D eigenvalue weighted by atomic mass is 19.1. The molecular formula is C22H15FN2O5. The van der Waals surface area contributed by atoms with Gasteiger partial charge >= 0.3 is 5.97 Å². The topological polar surface area (TPSA) is 102 Å². The fourth-order valence-electron chi connectivity index (χ4n) is 4.03. The van der Waals surface area contributed by atoms with Crippen LogP contribution >= 0.6 is 0 Å². The molecule has 2 aliphatic rings. The highest BCUT2D eigenvalue weighted by Crippen LogP contribution is 2.37. The summed E-state index contributed by atoms with van der Waals surface area (Å²) in [4.78, 5) is 29.4. The monoisotopic (exact) mass is 406 g/mol. The van der Waals surface area contributed by atoms with E-state index in [9.17, 15) is 24.2 Å². The smallest absolute Gasteiger partial charge is 0.340 e. The average molecular weight is 406 g/mol. The number of aliphatic hydroxyl groups is 2. The first-order chi connectivity index (χ1) is 14.4. The molecule has 4 heterocycles. The Kier molecular flexibility index (Phi) is 4.00. The Hall–Kier alpha value is -3.54. The number of aryl methyl sites for hydroxylation is 1. The zero-order valence-electron chi connectivity index (χ0n) is 15.8. The number of carbonyl (C=O) groups excluding carboxylic acids is 1. The van der Waals surface area contributed by atoms with Crippen LogP contribution in [0.3, 0.4) is 0 Å². The molecule has 0 spiro atoms. The summed E-state index contributed by atoms with van der Waals surface area (Å²) in [6, 6.07) is 4.51. The lowest BCUT2D eigenvalue weighted by molar-refractivity contribution is -0.157. The van der Waals surface area contributed by atoms with Crippen LogP contribution in [-0.4, -0.2) is 32.3 Å². The van der Waals surface area contributed by atoms with Gasteiger partial charge in [-0.25, -0.2) is 14.2 Å². The summed E-state index contributed by atoms with van der Waals surface area (Å²) >= 11 is 0. The van der Waals surface area contributed by atoms with Crippen LogP contribution in [0.2, 0.25) is 0 Å². The molecule has 0 amide bonds. The summed E-state index contributed by atoms with van der Waals surface area (Å²) < 4.78 is 20.6. The second kappa shape index (κ2) is 6.49. The number of carbonyl (C=O) groups is 1. The van der Waals surface area contributed by atoms with Gasteiger partial charge < -0.3 is 19.5 Å². The summed E-state index contributed by atoms with van der Waals surface area (Å²) in [7, 11) is 0. The molecule has 0 aliphatic carbocycles. The van der Waals surface area contributed by atoms with Gasteiger partial charge in [-0.05, 0) is 24.6 Å². The lowest BCUT2D eigenvalue weighted by Gasteiger charge is -2.21. The minimum atomic E-state index is -1.55. The lowest BCUT2D eigenvalue weighted by atomic mass is 9.98. The molecule has 0 fully saturated rings. The standard InChI is InChI=1S/C22H15FN2O5/c1-10-5-12-11(3-2-4-26)14-8-25-18(19(14)24-17(12)7-16(10)23)6-13-15(21(25)28)9-30-22(29)20(13)27/h5-7,20,26-27H,4,8-9H2,1H3/t20-/m0/s1. The largest absolute Gasteiger partial charge is 0.458 e. The molecule has 150 valence electrons. The maximum Gasteiger partial charge on any atom is 0.340 e. The van der Waals surface area contributed by atoms with Crippen LogP contribution in [0.15, 0.2) is 23.0 Å². The lowest BCUT2D eigenvalue weighted by Crippen LogP contribution is -2.32. The van der Waals surface area contributed by atoms with Gasteiger partial charge in [-0.15, -0.1) is 0 Å². The third-order valence-electron chi connectivity index (χ3n) is 5.53. The molecule has 0 saturated heterocycles. The highest BCUT2D eigenvalue weighted by molar-refractivity contribution is 5.91. The molecule has 0 radical (unpaired) electrons. The van der Waals surface area contributed by atoms with Crippen molar-refractivity contribution in [2.75, 3.05) is 6.61 Å². The molecule has 30 heavy (non-hydrogen) atoms. The van der Waals surface area contributed by atoms with Gasteiger partial charge in [-0.3, -0.25) is 4.79 Å². The molecule has 7 nitrogen and oxygen atoms in total. The fourth-order valence-corrected chi connectivity index (χ4v) is 4.03. The average Bonchev–Trinajstić information content (AvgIpc) is 3.08. The van der Waals surface area contributed by atoms with E-state index in [-0.39, 0.29) is 36.4 Å². The summed E-state index contributed by atoms with van der Waals surface area (Å²) in [5.74, 6) is 4.30. The van der Waals surface area contributed by atoms with Crippen LogP contribution in [0, 0.1) is 24.6 Å². The fraction of sp³-hybridized carbons (Fsp3) is 0.227. The van der Waals surface area contributed by atoms with Gasteiger partial charge in [0.25, 0.3) is 5.56 Å². The maximum atomic E-state index is 14.2. The number of hydrogen-bond donors (Lipinski definition) is 2. The number of halogens is 1. The molecule has 1 aromatic carbocycles. The van der Waals surface area contributed by atoms with E-state index >= 15 is 0 Å². The van der Waals surface area contributed by atoms with Crippen molar-refractivity contribution >= 4 is 16.9 Å². The van der Waals surface area contributed by atoms with Crippen LogP contribution in [0.1, 0.15) is 33.9 Å². The predicted molar refractivity (Wildman–Crippen MR) is 104 cm³/mol. The number of aliphatic hydroxyl groups excluding tert-OH is 2. The molecule has 2 N–H and O–H groups in total. The minimum Gasteiger partial charge on any atom is -0.458 e. The SMILES string of the molecule is Cc1cc2c(C#CCO)c3c(nc2cc1F)-c1cc2c(c(=O)n1C3)COC(=O)[C@H]2O. The number of nitrogens with zero attached hydrogens (tertiary/aromatic N) is 2. The first-order valence-corrected chi connectivity index (χ1v) is 9.25. The second-order valence-electron chi connectivity index (χ2n) is 7.26. The number of pyridine rings is 2. The highest BCUT2D eigenvalue weighted by Gasteiger charge is 2.34. The van der Waals surface area contributed by atoms with E-state index in [0.717, 1.165) is 0 Å². The van der Waals surface area contributed by atoms with Crippen molar-refractivity contribution in [2.24, 2.45) is 0 Å². The number of esters is 1. The van der Waals surface area contributed by atoms with E-state index in [2.05, 4.69) is 16.8 Å². The normalized spacial score (nSPS) is 16.4. The van der Waals surface area contributed by atoms with Gasteiger partial charge in [0.05, 0.1) is 29.0 Å². The van der Waals surface area contributed by atoms with Crippen molar-refractivity contribution in [3.05, 3.63) is 62.2 Å². The van der Waals surface area contributed by atoms with E-state index < -0.39 is 17.9 Å². The Bertz CT molecular complexity index is 1400. The van der Waals surface area contributed by atoms with Crippen LogP contribution < -0.4 is 5.56 Å². The quantitative estimate of drug-likeness (QED) is 0.337. The summed E-state index contributed by atoms with van der Waals surface area (Å²) in [6.07, 6.45) is -1.55. The summed E-state index contributed by atoms with van der Waals surface area (Å²) in [6.45, 7) is 1.25. The first-order valence-electron chi connectivity index (χ1n) is 9.25. The number of cyclic esters (lactones) is 1. The van der Waals surface area contributed by atoms with Gasteiger partial charge in [0.15, 0.2) is 6.10 Å². The Labute approximate surface area is 169 Å². The molecular weight excluding hydrogens is 391 g/mol. The molecule has 0 unspecified atom stereocenters. The van der Waals surface area contributed by atoms with Gasteiger partial charge in [0.2, 0.25) is 0 Å². The van der Waals surface area contributed by atoms with Crippen molar-refractivity contribution < 1.29 is 24.1 Å². The van der Waals surface area contributed by atoms with Crippen LogP contribution in [0.4, 0.5) is 4.39 Å². The van der Waals surface area contributed by atoms with E-state index in [1.54, 1.807) is 19.1 Å². The van der Waals surface area contributed by atoms with Gasteiger partial charge in [0.1, 0.15) is 19.0 Å². The molecule has 1 atom stereocenters. The van der Waals surface area contributed by atoms with E-state index in [0.29, 0.717) is 39.0 Å². The van der Waals surface area contributed by atoms with Gasteiger partial charge in [-0.2, -0.15) is 0 Å². The van der Waals surface area contributed by atoms with Crippen LogP contribution in [0.5, 0.6) is 0 Å². The van der Waals surface area contributed by atoms with Crippen LogP contribution in [-0.2, 0) is 22.7 Å². The van der Waals surface area contributed by atoms with Gasteiger partial charge in [-0.1, -0.05) is 11.8 Å². The number of ether oxygens (including phenoxy) is 1. The Morgan fingerprint density at radius 3 is 2.87 bits per heavy atom. The molecule has 0 bridgehead atoms. The van der Waals surface area contributed by atoms with Crippen LogP contribution in [0.25, 0.3) is 22.3 Å². The maximum absolute atomic E-state index is 14.2. The van der Waals surface area contributed by atoms with Crippen molar-refractivity contribution in [3.63, 3.8) is 0 Å². The van der Waals surface area contributed by atoms with Crippen molar-refractivity contribution in [1.29, 1.82) is 0 Å². The second-order valence-corrected chi connectivity index (χ2v) is 7.26. The van der Waals surface area contributed by atoms with Crippen molar-refractivity contribution in [2.45, 2.75) is 26.2 Å². The van der Waals surface area contributed by atoms with Crippen molar-refractivity contribution in [1.82, 2.24) is 9.55 Å².